The van der Waals surface area contributed by atoms with E-state index in [1.54, 1.807) is 0 Å². The van der Waals surface area contributed by atoms with E-state index < -0.39 is 5.41 Å². The largest absolute Gasteiger partial charge is 0.240 e. The minimum atomic E-state index is -0.529. The monoisotopic (exact) mass is 550 g/mol. The molecule has 0 unspecified atom stereocenters. The Hall–Kier alpha value is -5.74. The lowest BCUT2D eigenvalue weighted by molar-refractivity contribution is 0.760. The van der Waals surface area contributed by atoms with Gasteiger partial charge in [0.15, 0.2) is 0 Å². The van der Waals surface area contributed by atoms with Gasteiger partial charge in [-0.05, 0) is 69.8 Å². The molecule has 0 spiro atoms. The van der Waals surface area contributed by atoms with E-state index in [0.717, 1.165) is 33.2 Å². The van der Waals surface area contributed by atoms with E-state index in [2.05, 4.69) is 146 Å². The molecule has 4 nitrogen and oxygen atoms in total. The van der Waals surface area contributed by atoms with E-state index >= 15 is 0 Å². The first-order chi connectivity index (χ1) is 21.3. The zero-order valence-electron chi connectivity index (χ0n) is 23.3. The average molecular weight is 551 g/mol. The van der Waals surface area contributed by atoms with Crippen LogP contribution < -0.4 is 0 Å². The van der Waals surface area contributed by atoms with Crippen LogP contribution in [-0.4, -0.2) is 19.6 Å². The number of nitrogens with zero attached hydrogens (tertiary/aromatic N) is 4. The Morgan fingerprint density at radius 2 is 0.860 bits per heavy atom. The molecule has 0 atom stereocenters. The Morgan fingerprint density at radius 1 is 0.419 bits per heavy atom. The first kappa shape index (κ1) is 23.9. The molecule has 0 fully saturated rings. The summed E-state index contributed by atoms with van der Waals surface area (Å²) in [6.07, 6.45) is 4.22. The smallest absolute Gasteiger partial charge is 0.0927 e. The lowest BCUT2D eigenvalue weighted by atomic mass is 9.67. The molecule has 0 radical (unpaired) electrons. The normalized spacial score (nSPS) is 13.3. The topological polar surface area (TPSA) is 35.6 Å². The van der Waals surface area contributed by atoms with Crippen molar-refractivity contribution in [2.24, 2.45) is 0 Å². The summed E-state index contributed by atoms with van der Waals surface area (Å²) in [5, 5.41) is 12.1. The molecule has 8 aromatic rings. The maximum Gasteiger partial charge on any atom is 0.0927 e. The van der Waals surface area contributed by atoms with Gasteiger partial charge in [0.1, 0.15) is 0 Å². The summed E-state index contributed by atoms with van der Waals surface area (Å²) in [6.45, 7) is 0. The molecule has 43 heavy (non-hydrogen) atoms. The van der Waals surface area contributed by atoms with Crippen LogP contribution in [0.2, 0.25) is 0 Å². The van der Waals surface area contributed by atoms with Gasteiger partial charge in [0, 0.05) is 23.2 Å². The van der Waals surface area contributed by atoms with E-state index in [4.69, 9.17) is 10.2 Å². The SMILES string of the molecule is c1cc(-n2cc3ccccc3n2)cc(C2(c3cccc(-n4cc5ccccc5n4)c3)c3ccccc3-c3ccccc32)c1. The Balaban J connectivity index is 1.32. The molecule has 2 heterocycles. The summed E-state index contributed by atoms with van der Waals surface area (Å²) >= 11 is 0. The van der Waals surface area contributed by atoms with Crippen molar-refractivity contribution in [1.29, 1.82) is 0 Å². The predicted molar refractivity (Wildman–Crippen MR) is 173 cm³/mol. The third-order valence-electron chi connectivity index (χ3n) is 8.87. The second-order valence-corrected chi connectivity index (χ2v) is 11.2. The van der Waals surface area contributed by atoms with E-state index in [1.807, 2.05) is 21.5 Å². The van der Waals surface area contributed by atoms with Crippen LogP contribution in [0.3, 0.4) is 0 Å². The predicted octanol–water partition coefficient (Wildman–Crippen LogP) is 8.73. The summed E-state index contributed by atoms with van der Waals surface area (Å²) in [5.74, 6) is 0. The van der Waals surface area contributed by atoms with Crippen LogP contribution in [-0.2, 0) is 5.41 Å². The number of benzene rings is 6. The fourth-order valence-corrected chi connectivity index (χ4v) is 6.98. The van der Waals surface area contributed by atoms with Gasteiger partial charge in [-0.3, -0.25) is 0 Å². The second kappa shape index (κ2) is 9.13. The lowest BCUT2D eigenvalue weighted by Gasteiger charge is -2.34. The van der Waals surface area contributed by atoms with E-state index in [9.17, 15) is 0 Å². The van der Waals surface area contributed by atoms with Gasteiger partial charge in [-0.25, -0.2) is 9.36 Å². The Bertz CT molecular complexity index is 2090. The van der Waals surface area contributed by atoms with Crippen LogP contribution in [0.1, 0.15) is 22.3 Å². The molecule has 2 aromatic heterocycles. The van der Waals surface area contributed by atoms with Gasteiger partial charge in [-0.15, -0.1) is 0 Å². The van der Waals surface area contributed by atoms with E-state index in [1.165, 1.54) is 33.4 Å². The third-order valence-corrected chi connectivity index (χ3v) is 8.87. The highest BCUT2D eigenvalue weighted by Crippen LogP contribution is 2.56. The van der Waals surface area contributed by atoms with Crippen molar-refractivity contribution < 1.29 is 0 Å². The molecule has 0 saturated carbocycles. The minimum absolute atomic E-state index is 0.529. The van der Waals surface area contributed by atoms with Crippen LogP contribution in [0.25, 0.3) is 44.3 Å². The van der Waals surface area contributed by atoms with Gasteiger partial charge in [-0.2, -0.15) is 10.2 Å². The fourth-order valence-electron chi connectivity index (χ4n) is 6.98. The Labute approximate surface area is 249 Å². The van der Waals surface area contributed by atoms with Crippen molar-refractivity contribution in [2.45, 2.75) is 5.41 Å². The van der Waals surface area contributed by atoms with Gasteiger partial charge >= 0.3 is 0 Å². The van der Waals surface area contributed by atoms with Gasteiger partial charge < -0.3 is 0 Å². The summed E-state index contributed by atoms with van der Waals surface area (Å²) in [7, 11) is 0. The average Bonchev–Trinajstić information content (AvgIpc) is 3.78. The molecule has 0 bridgehead atoms. The van der Waals surface area contributed by atoms with E-state index in [0.29, 0.717) is 0 Å². The van der Waals surface area contributed by atoms with Crippen molar-refractivity contribution >= 4 is 21.8 Å². The van der Waals surface area contributed by atoms with Gasteiger partial charge in [0.2, 0.25) is 0 Å². The van der Waals surface area contributed by atoms with Gasteiger partial charge in [-0.1, -0.05) is 109 Å². The lowest BCUT2D eigenvalue weighted by Crippen LogP contribution is -2.29. The Kier molecular flexibility index (Phi) is 5.08. The molecule has 0 N–H and O–H groups in total. The summed E-state index contributed by atoms with van der Waals surface area (Å²) in [6, 6.07) is 52.0. The minimum Gasteiger partial charge on any atom is -0.240 e. The highest BCUT2D eigenvalue weighted by molar-refractivity contribution is 5.87. The first-order valence-electron chi connectivity index (χ1n) is 14.6. The highest BCUT2D eigenvalue weighted by Gasteiger charge is 2.46. The maximum atomic E-state index is 4.91. The van der Waals surface area contributed by atoms with Crippen molar-refractivity contribution in [3.8, 4) is 22.5 Å². The number of hydrogen-bond donors (Lipinski definition) is 0. The third kappa shape index (κ3) is 3.50. The van der Waals surface area contributed by atoms with Crippen molar-refractivity contribution in [3.05, 3.63) is 180 Å². The molecule has 1 aliphatic rings. The quantitative estimate of drug-likeness (QED) is 0.220. The van der Waals surface area contributed by atoms with E-state index in [-0.39, 0.29) is 0 Å². The fraction of sp³-hybridized carbons (Fsp3) is 0.0256. The van der Waals surface area contributed by atoms with Crippen molar-refractivity contribution in [2.75, 3.05) is 0 Å². The zero-order chi connectivity index (χ0) is 28.4. The molecule has 0 saturated heterocycles. The molecule has 0 aliphatic heterocycles. The zero-order valence-corrected chi connectivity index (χ0v) is 23.3. The van der Waals surface area contributed by atoms with Crippen molar-refractivity contribution in [3.63, 3.8) is 0 Å². The standard InChI is InChI=1S/C39H26N4/c1-7-21-37-27(11-1)25-42(40-37)31-15-9-13-29(23-31)39(35-19-5-3-17-33(35)34-18-4-6-20-36(34)39)30-14-10-16-32(24-30)43-26-28-12-2-8-22-38(28)41-43/h1-26H. The molecule has 4 heteroatoms. The Morgan fingerprint density at radius 3 is 1.35 bits per heavy atom. The molecule has 202 valence electrons. The summed E-state index contributed by atoms with van der Waals surface area (Å²) in [5.41, 5.74) is 11.0. The van der Waals surface area contributed by atoms with Crippen LogP contribution >= 0.6 is 0 Å². The number of hydrogen-bond acceptors (Lipinski definition) is 2. The number of fused-ring (bicyclic) bond motifs is 5. The number of aromatic nitrogens is 4. The van der Waals surface area contributed by atoms with Gasteiger partial charge in [0.05, 0.1) is 27.8 Å². The molecular weight excluding hydrogens is 524 g/mol. The summed E-state index contributed by atoms with van der Waals surface area (Å²) in [4.78, 5) is 0. The van der Waals surface area contributed by atoms with Gasteiger partial charge in [0.25, 0.3) is 0 Å². The maximum absolute atomic E-state index is 4.91. The molecule has 9 rings (SSSR count). The molecule has 0 amide bonds. The molecule has 1 aliphatic carbocycles. The molecule has 6 aromatic carbocycles. The molecular formula is C39H26N4. The highest BCUT2D eigenvalue weighted by atomic mass is 15.3. The van der Waals surface area contributed by atoms with Crippen LogP contribution in [0.15, 0.2) is 158 Å². The first-order valence-corrected chi connectivity index (χ1v) is 14.6. The summed E-state index contributed by atoms with van der Waals surface area (Å²) < 4.78 is 4.00. The van der Waals surface area contributed by atoms with Crippen LogP contribution in [0.5, 0.6) is 0 Å². The van der Waals surface area contributed by atoms with Crippen LogP contribution in [0.4, 0.5) is 0 Å². The van der Waals surface area contributed by atoms with Crippen molar-refractivity contribution in [1.82, 2.24) is 19.6 Å². The van der Waals surface area contributed by atoms with Crippen LogP contribution in [0, 0.1) is 0 Å². The number of rotatable bonds is 4. The second-order valence-electron chi connectivity index (χ2n) is 11.2.